The van der Waals surface area contributed by atoms with Crippen LogP contribution in [0.1, 0.15) is 23.2 Å². The Morgan fingerprint density at radius 3 is 2.77 bits per heavy atom. The number of carbonyl (C=O) groups is 4. The Kier molecular flexibility index (Phi) is 3.61. The number of hydrogen-bond donors (Lipinski definition) is 2. The lowest BCUT2D eigenvalue weighted by molar-refractivity contribution is -0.139. The fraction of sp³-hybridized carbons (Fsp3) is 0.222. The van der Waals surface area contributed by atoms with E-state index in [1.165, 1.54) is 4.90 Å². The molecule has 2 aromatic rings. The third-order valence-electron chi connectivity index (χ3n) is 4.56. The smallest absolute Gasteiger partial charge is 0.341 e. The Balaban J connectivity index is 1.80. The topological polar surface area (TPSA) is 113 Å². The molecule has 1 fully saturated rings. The monoisotopic (exact) mass is 354 g/mol. The maximum atomic E-state index is 12.9. The number of benzene rings is 2. The highest BCUT2D eigenvalue weighted by molar-refractivity contribution is 6.27. The quantitative estimate of drug-likeness (QED) is 0.794. The minimum atomic E-state index is -1.10. The predicted octanol–water partition coefficient (Wildman–Crippen LogP) is 1.07. The van der Waals surface area contributed by atoms with Crippen LogP contribution in [0.25, 0.3) is 10.8 Å². The summed E-state index contributed by atoms with van der Waals surface area (Å²) in [6.07, 6.45) is 0.419. The lowest BCUT2D eigenvalue weighted by atomic mass is 10.0. The molecule has 1 unspecified atom stereocenters. The van der Waals surface area contributed by atoms with Crippen molar-refractivity contribution in [3.8, 4) is 5.75 Å². The van der Waals surface area contributed by atoms with E-state index in [4.69, 9.17) is 9.84 Å². The van der Waals surface area contributed by atoms with Gasteiger partial charge in [-0.3, -0.25) is 24.6 Å². The lowest BCUT2D eigenvalue weighted by Crippen LogP contribution is -2.53. The van der Waals surface area contributed by atoms with Gasteiger partial charge >= 0.3 is 5.97 Å². The van der Waals surface area contributed by atoms with Crippen LogP contribution in [0.3, 0.4) is 0 Å². The second-order valence-electron chi connectivity index (χ2n) is 6.14. The number of carbonyl (C=O) groups excluding carboxylic acids is 3. The summed E-state index contributed by atoms with van der Waals surface area (Å²) in [5.74, 6) is -1.92. The minimum absolute atomic E-state index is 0.166. The molecule has 2 N–H and O–H groups in total. The number of nitrogens with one attached hydrogen (secondary N) is 1. The van der Waals surface area contributed by atoms with Crippen LogP contribution in [0, 0.1) is 0 Å². The fourth-order valence-electron chi connectivity index (χ4n) is 3.48. The summed E-state index contributed by atoms with van der Waals surface area (Å²) in [7, 11) is 0. The molecule has 0 saturated carbocycles. The summed E-state index contributed by atoms with van der Waals surface area (Å²) in [6.45, 7) is -0.497. The number of amides is 3. The SMILES string of the molecule is O=C(O)COc1ccc2c3c(cccc13)C(=O)N2C1CCC(=O)NC1=O. The summed E-state index contributed by atoms with van der Waals surface area (Å²) in [4.78, 5) is 48.7. The average Bonchev–Trinajstić information content (AvgIpc) is 2.89. The fourth-order valence-corrected chi connectivity index (χ4v) is 3.48. The number of anilines is 1. The molecule has 3 amide bonds. The van der Waals surface area contributed by atoms with Gasteiger partial charge in [-0.15, -0.1) is 0 Å². The van der Waals surface area contributed by atoms with Crippen molar-refractivity contribution in [3.63, 3.8) is 0 Å². The van der Waals surface area contributed by atoms with Crippen LogP contribution in [0.4, 0.5) is 5.69 Å². The molecule has 2 aliphatic heterocycles. The first kappa shape index (κ1) is 16.1. The molecule has 4 rings (SSSR count). The van der Waals surface area contributed by atoms with E-state index < -0.39 is 24.5 Å². The summed E-state index contributed by atoms with van der Waals surface area (Å²) >= 11 is 0. The molecule has 0 bridgehead atoms. The van der Waals surface area contributed by atoms with Crippen LogP contribution in [0.5, 0.6) is 5.75 Å². The number of ether oxygens (including phenoxy) is 1. The van der Waals surface area contributed by atoms with Crippen LogP contribution < -0.4 is 15.0 Å². The van der Waals surface area contributed by atoms with Crippen LogP contribution in [-0.2, 0) is 14.4 Å². The molecule has 0 spiro atoms. The van der Waals surface area contributed by atoms with Crippen molar-refractivity contribution in [1.82, 2.24) is 5.32 Å². The highest BCUT2D eigenvalue weighted by Gasteiger charge is 2.40. The number of hydrogen-bond acceptors (Lipinski definition) is 5. The van der Waals surface area contributed by atoms with Crippen LogP contribution in [0.2, 0.25) is 0 Å². The van der Waals surface area contributed by atoms with E-state index in [2.05, 4.69) is 5.32 Å². The molecule has 8 heteroatoms. The van der Waals surface area contributed by atoms with Gasteiger partial charge in [0.25, 0.3) is 5.91 Å². The van der Waals surface area contributed by atoms with Crippen LogP contribution in [-0.4, -0.2) is 41.4 Å². The lowest BCUT2D eigenvalue weighted by Gasteiger charge is -2.30. The number of piperidine rings is 1. The van der Waals surface area contributed by atoms with E-state index in [-0.39, 0.29) is 24.7 Å². The summed E-state index contributed by atoms with van der Waals surface area (Å²) in [6, 6.07) is 7.53. The number of imide groups is 1. The molecule has 2 aliphatic rings. The van der Waals surface area contributed by atoms with Gasteiger partial charge in [-0.05, 0) is 24.6 Å². The molecular weight excluding hydrogens is 340 g/mol. The van der Waals surface area contributed by atoms with Gasteiger partial charge in [-0.25, -0.2) is 4.79 Å². The van der Waals surface area contributed by atoms with Gasteiger partial charge in [0.1, 0.15) is 11.8 Å². The number of carboxylic acid groups (broad SMARTS) is 1. The van der Waals surface area contributed by atoms with E-state index in [1.54, 1.807) is 30.3 Å². The predicted molar refractivity (Wildman–Crippen MR) is 90.1 cm³/mol. The first-order valence-corrected chi connectivity index (χ1v) is 8.05. The molecular formula is C18H14N2O6. The highest BCUT2D eigenvalue weighted by atomic mass is 16.5. The highest BCUT2D eigenvalue weighted by Crippen LogP contribution is 2.43. The second-order valence-corrected chi connectivity index (χ2v) is 6.14. The third kappa shape index (κ3) is 2.38. The Labute approximate surface area is 147 Å². The molecule has 2 heterocycles. The second kappa shape index (κ2) is 5.83. The van der Waals surface area contributed by atoms with Gasteiger partial charge in [0.15, 0.2) is 6.61 Å². The zero-order chi connectivity index (χ0) is 18.4. The molecule has 0 radical (unpaired) electrons. The van der Waals surface area contributed by atoms with Crippen molar-refractivity contribution in [3.05, 3.63) is 35.9 Å². The standard InChI is InChI=1S/C18H14N2O6/c21-14-7-5-12(17(24)19-14)20-11-4-6-13(26-8-15(22)23)9-2-1-3-10(16(9)11)18(20)25/h1-4,6,12H,5,7-8H2,(H,22,23)(H,19,21,24). The number of nitrogens with zero attached hydrogens (tertiary/aromatic N) is 1. The first-order chi connectivity index (χ1) is 12.5. The first-order valence-electron chi connectivity index (χ1n) is 8.05. The Bertz CT molecular complexity index is 983. The molecule has 26 heavy (non-hydrogen) atoms. The minimum Gasteiger partial charge on any atom is -0.481 e. The number of aliphatic carboxylic acids is 1. The largest absolute Gasteiger partial charge is 0.481 e. The third-order valence-corrected chi connectivity index (χ3v) is 4.56. The van der Waals surface area contributed by atoms with Gasteiger partial charge in [-0.2, -0.15) is 0 Å². The zero-order valence-corrected chi connectivity index (χ0v) is 13.5. The Hall–Kier alpha value is -3.42. The number of rotatable bonds is 4. The van der Waals surface area contributed by atoms with Gasteiger partial charge in [0.2, 0.25) is 11.8 Å². The molecule has 0 aliphatic carbocycles. The zero-order valence-electron chi connectivity index (χ0n) is 13.5. The van der Waals surface area contributed by atoms with Crippen LogP contribution >= 0.6 is 0 Å². The molecule has 1 atom stereocenters. The average molecular weight is 354 g/mol. The summed E-state index contributed by atoms with van der Waals surface area (Å²) in [5, 5.41) is 12.3. The van der Waals surface area contributed by atoms with E-state index in [0.717, 1.165) is 0 Å². The van der Waals surface area contributed by atoms with E-state index in [0.29, 0.717) is 27.8 Å². The number of carboxylic acids is 1. The molecule has 0 aromatic heterocycles. The van der Waals surface area contributed by atoms with E-state index in [1.807, 2.05) is 0 Å². The van der Waals surface area contributed by atoms with E-state index in [9.17, 15) is 19.2 Å². The Morgan fingerprint density at radius 1 is 1.23 bits per heavy atom. The van der Waals surface area contributed by atoms with Gasteiger partial charge < -0.3 is 9.84 Å². The van der Waals surface area contributed by atoms with Crippen molar-refractivity contribution in [2.75, 3.05) is 11.5 Å². The van der Waals surface area contributed by atoms with Gasteiger partial charge in [0.05, 0.1) is 5.69 Å². The van der Waals surface area contributed by atoms with E-state index >= 15 is 0 Å². The molecule has 132 valence electrons. The summed E-state index contributed by atoms with van der Waals surface area (Å²) in [5.41, 5.74) is 0.973. The summed E-state index contributed by atoms with van der Waals surface area (Å²) < 4.78 is 5.32. The van der Waals surface area contributed by atoms with Crippen molar-refractivity contribution in [2.45, 2.75) is 18.9 Å². The maximum absolute atomic E-state index is 12.9. The van der Waals surface area contributed by atoms with Crippen molar-refractivity contribution in [1.29, 1.82) is 0 Å². The maximum Gasteiger partial charge on any atom is 0.341 e. The molecule has 1 saturated heterocycles. The van der Waals surface area contributed by atoms with Crippen molar-refractivity contribution < 1.29 is 29.0 Å². The van der Waals surface area contributed by atoms with Gasteiger partial charge in [-0.1, -0.05) is 12.1 Å². The van der Waals surface area contributed by atoms with Crippen LogP contribution in [0.15, 0.2) is 30.3 Å². The van der Waals surface area contributed by atoms with Crippen molar-refractivity contribution >= 4 is 40.2 Å². The van der Waals surface area contributed by atoms with Crippen molar-refractivity contribution in [2.24, 2.45) is 0 Å². The Morgan fingerprint density at radius 2 is 2.04 bits per heavy atom. The normalized spacial score (nSPS) is 19.0. The molecule has 8 nitrogen and oxygen atoms in total. The van der Waals surface area contributed by atoms with Gasteiger partial charge in [0, 0.05) is 22.8 Å². The molecule has 2 aromatic carbocycles.